The van der Waals surface area contributed by atoms with E-state index in [1.165, 1.54) is 5.39 Å². The van der Waals surface area contributed by atoms with E-state index in [0.29, 0.717) is 5.78 Å². The van der Waals surface area contributed by atoms with Crippen LogP contribution in [0.15, 0.2) is 29.6 Å². The molecular weight excluding hydrogens is 278 g/mol. The molecule has 1 aromatic heterocycles. The Kier molecular flexibility index (Phi) is 3.89. The first-order valence-corrected chi connectivity index (χ1v) is 8.61. The van der Waals surface area contributed by atoms with Crippen LogP contribution in [0.3, 0.4) is 0 Å². The summed E-state index contributed by atoms with van der Waals surface area (Å²) >= 11 is 1.68. The largest absolute Gasteiger partial charge is 0.297 e. The van der Waals surface area contributed by atoms with Gasteiger partial charge in [-0.3, -0.25) is 9.69 Å². The molecule has 0 N–H and O–H groups in total. The summed E-state index contributed by atoms with van der Waals surface area (Å²) in [5, 5.41) is 3.26. The topological polar surface area (TPSA) is 20.3 Å². The lowest BCUT2D eigenvalue weighted by molar-refractivity contribution is 0.0515. The smallest absolute Gasteiger partial charge is 0.184 e. The van der Waals surface area contributed by atoms with E-state index in [4.69, 9.17) is 0 Å². The van der Waals surface area contributed by atoms with E-state index in [2.05, 4.69) is 43.4 Å². The molecule has 3 heteroatoms. The average Bonchev–Trinajstić information content (AvgIpc) is 2.95. The Morgan fingerprint density at radius 1 is 1.24 bits per heavy atom. The average molecular weight is 301 g/mol. The van der Waals surface area contributed by atoms with Gasteiger partial charge >= 0.3 is 0 Å². The molecule has 1 aromatic carbocycles. The lowest BCUT2D eigenvalue weighted by atomic mass is 9.72. The predicted octanol–water partition coefficient (Wildman–Crippen LogP) is 4.59. The molecule has 21 heavy (non-hydrogen) atoms. The number of nitrogens with zero attached hydrogens (tertiary/aromatic N) is 1. The van der Waals surface area contributed by atoms with Gasteiger partial charge in [-0.15, -0.1) is 11.3 Å². The van der Waals surface area contributed by atoms with Crippen molar-refractivity contribution in [3.63, 3.8) is 0 Å². The third-order valence-electron chi connectivity index (χ3n) is 5.10. The molecule has 0 atom stereocenters. The third kappa shape index (κ3) is 2.43. The van der Waals surface area contributed by atoms with Crippen LogP contribution in [0.1, 0.15) is 43.0 Å². The molecule has 0 spiro atoms. The zero-order valence-corrected chi connectivity index (χ0v) is 13.9. The molecule has 112 valence electrons. The zero-order chi connectivity index (χ0) is 15.0. The number of carbonyl (C=O) groups excluding carboxylic acids is 1. The van der Waals surface area contributed by atoms with E-state index in [9.17, 15) is 4.79 Å². The predicted molar refractivity (Wildman–Crippen MR) is 90.2 cm³/mol. The van der Waals surface area contributed by atoms with Crippen molar-refractivity contribution in [1.82, 2.24) is 4.90 Å². The minimum atomic E-state index is -0.315. The van der Waals surface area contributed by atoms with Gasteiger partial charge in [-0.1, -0.05) is 19.1 Å². The van der Waals surface area contributed by atoms with Gasteiger partial charge in [0, 0.05) is 10.3 Å². The van der Waals surface area contributed by atoms with Crippen LogP contribution in [0.4, 0.5) is 0 Å². The summed E-state index contributed by atoms with van der Waals surface area (Å²) in [6, 6.07) is 8.21. The van der Waals surface area contributed by atoms with Crippen LogP contribution in [0.5, 0.6) is 0 Å². The highest BCUT2D eigenvalue weighted by Gasteiger charge is 2.43. The van der Waals surface area contributed by atoms with E-state index in [0.717, 1.165) is 41.9 Å². The van der Waals surface area contributed by atoms with Gasteiger partial charge in [0.05, 0.1) is 5.54 Å². The van der Waals surface area contributed by atoms with Crippen molar-refractivity contribution in [2.45, 2.75) is 38.1 Å². The van der Waals surface area contributed by atoms with Gasteiger partial charge in [-0.2, -0.15) is 0 Å². The van der Waals surface area contributed by atoms with E-state index in [1.54, 1.807) is 11.3 Å². The molecule has 0 radical (unpaired) electrons. The molecule has 0 amide bonds. The number of Topliss-reactive ketones (excluding diaryl/α,β-unsaturated/α-hetero) is 1. The van der Waals surface area contributed by atoms with Gasteiger partial charge in [0.25, 0.3) is 0 Å². The molecule has 2 nitrogen and oxygen atoms in total. The molecule has 1 aliphatic rings. The Labute approximate surface area is 130 Å². The van der Waals surface area contributed by atoms with Crippen molar-refractivity contribution in [2.24, 2.45) is 5.92 Å². The van der Waals surface area contributed by atoms with Crippen LogP contribution in [-0.2, 0) is 0 Å². The van der Waals surface area contributed by atoms with Crippen molar-refractivity contribution in [3.05, 3.63) is 35.2 Å². The van der Waals surface area contributed by atoms with Crippen molar-refractivity contribution in [2.75, 3.05) is 14.1 Å². The highest BCUT2D eigenvalue weighted by Crippen LogP contribution is 2.39. The fourth-order valence-electron chi connectivity index (χ4n) is 3.54. The highest BCUT2D eigenvalue weighted by atomic mass is 32.1. The van der Waals surface area contributed by atoms with Gasteiger partial charge in [0.2, 0.25) is 0 Å². The first kappa shape index (κ1) is 14.7. The first-order valence-electron chi connectivity index (χ1n) is 7.73. The molecule has 0 bridgehead atoms. The molecule has 1 saturated carbocycles. The second-order valence-corrected chi connectivity index (χ2v) is 7.50. The number of thiophene rings is 1. The van der Waals surface area contributed by atoms with Gasteiger partial charge < -0.3 is 0 Å². The summed E-state index contributed by atoms with van der Waals surface area (Å²) in [5.74, 6) is 1.05. The molecule has 0 aliphatic heterocycles. The summed E-state index contributed by atoms with van der Waals surface area (Å²) in [6.07, 6.45) is 4.23. The van der Waals surface area contributed by atoms with Gasteiger partial charge in [-0.25, -0.2) is 0 Å². The number of likely N-dealkylation sites (N-methyl/N-ethyl adjacent to an activating group) is 1. The summed E-state index contributed by atoms with van der Waals surface area (Å²) in [5.41, 5.74) is 0.593. The molecular formula is C18H23NOS. The van der Waals surface area contributed by atoms with E-state index in [-0.39, 0.29) is 5.54 Å². The number of benzene rings is 1. The van der Waals surface area contributed by atoms with Gasteiger partial charge in [-0.05, 0) is 68.6 Å². The number of ketones is 1. The number of hydrogen-bond donors (Lipinski definition) is 0. The van der Waals surface area contributed by atoms with Crippen molar-refractivity contribution < 1.29 is 4.79 Å². The van der Waals surface area contributed by atoms with Crippen LogP contribution in [0, 0.1) is 5.92 Å². The van der Waals surface area contributed by atoms with E-state index >= 15 is 0 Å². The maximum absolute atomic E-state index is 13.3. The Bertz CT molecular complexity index is 650. The minimum absolute atomic E-state index is 0.312. The molecule has 1 aliphatic carbocycles. The molecule has 2 aromatic rings. The van der Waals surface area contributed by atoms with Crippen LogP contribution in [0.25, 0.3) is 10.1 Å². The van der Waals surface area contributed by atoms with Crippen LogP contribution < -0.4 is 0 Å². The molecule has 3 rings (SSSR count). The van der Waals surface area contributed by atoms with Gasteiger partial charge in [0.1, 0.15) is 0 Å². The zero-order valence-electron chi connectivity index (χ0n) is 13.1. The van der Waals surface area contributed by atoms with Crippen LogP contribution in [0.2, 0.25) is 0 Å². The lowest BCUT2D eigenvalue weighted by Crippen LogP contribution is -2.53. The first-order chi connectivity index (χ1) is 10.0. The van der Waals surface area contributed by atoms with Crippen molar-refractivity contribution in [3.8, 4) is 0 Å². The van der Waals surface area contributed by atoms with Gasteiger partial charge in [0.15, 0.2) is 5.78 Å². The van der Waals surface area contributed by atoms with Crippen LogP contribution in [-0.4, -0.2) is 30.3 Å². The minimum Gasteiger partial charge on any atom is -0.297 e. The fourth-order valence-corrected chi connectivity index (χ4v) is 4.45. The van der Waals surface area contributed by atoms with E-state index < -0.39 is 0 Å². The number of hydrogen-bond acceptors (Lipinski definition) is 3. The van der Waals surface area contributed by atoms with Crippen molar-refractivity contribution >= 4 is 27.2 Å². The number of rotatable bonds is 3. The molecule has 1 fully saturated rings. The fraction of sp³-hybridized carbons (Fsp3) is 0.500. The Hall–Kier alpha value is -1.19. The number of fused-ring (bicyclic) bond motifs is 1. The maximum Gasteiger partial charge on any atom is 0.184 e. The van der Waals surface area contributed by atoms with Crippen LogP contribution >= 0.6 is 11.3 Å². The third-order valence-corrected chi connectivity index (χ3v) is 6.07. The van der Waals surface area contributed by atoms with Crippen molar-refractivity contribution in [1.29, 1.82) is 0 Å². The summed E-state index contributed by atoms with van der Waals surface area (Å²) in [7, 11) is 4.12. The normalized spacial score (nSPS) is 26.4. The SMILES string of the molecule is CC1CCC(C(=O)c2cccc3ccsc23)(N(C)C)CC1. The Morgan fingerprint density at radius 2 is 1.95 bits per heavy atom. The number of carbonyl (C=O) groups is 1. The second kappa shape index (κ2) is 5.54. The monoisotopic (exact) mass is 301 g/mol. The highest BCUT2D eigenvalue weighted by molar-refractivity contribution is 7.17. The molecule has 1 heterocycles. The Morgan fingerprint density at radius 3 is 2.62 bits per heavy atom. The molecule has 0 saturated heterocycles. The Balaban J connectivity index is 2.04. The van der Waals surface area contributed by atoms with E-state index in [1.807, 2.05) is 12.1 Å². The lowest BCUT2D eigenvalue weighted by Gasteiger charge is -2.43. The standard InChI is InChI=1S/C18H23NOS/c1-13-7-10-18(11-8-13,19(2)3)17(20)15-6-4-5-14-9-12-21-16(14)15/h4-6,9,12-13H,7-8,10-11H2,1-3H3. The summed E-state index contributed by atoms with van der Waals surface area (Å²) in [4.78, 5) is 15.5. The quantitative estimate of drug-likeness (QED) is 0.773. The summed E-state index contributed by atoms with van der Waals surface area (Å²) in [6.45, 7) is 2.30. The maximum atomic E-state index is 13.3. The molecule has 0 unspecified atom stereocenters. The summed E-state index contributed by atoms with van der Waals surface area (Å²) < 4.78 is 1.14. The second-order valence-electron chi connectivity index (χ2n) is 6.58.